The zero-order chi connectivity index (χ0) is 15.8. The second kappa shape index (κ2) is 8.31. The predicted octanol–water partition coefficient (Wildman–Crippen LogP) is 0.911. The van der Waals surface area contributed by atoms with Gasteiger partial charge in [0.1, 0.15) is 0 Å². The van der Waals surface area contributed by atoms with Gasteiger partial charge in [-0.05, 0) is 17.2 Å². The second-order valence-corrected chi connectivity index (χ2v) is 5.09. The van der Waals surface area contributed by atoms with E-state index in [2.05, 4.69) is 10.4 Å². The molecule has 0 saturated heterocycles. The third-order valence-electron chi connectivity index (χ3n) is 3.43. The number of nitrogens with one attached hydrogen (secondary N) is 1. The molecule has 3 N–H and O–H groups in total. The van der Waals surface area contributed by atoms with Crippen molar-refractivity contribution in [1.29, 1.82) is 0 Å². The Bertz CT molecular complexity index is 562. The Morgan fingerprint density at radius 3 is 2.68 bits per heavy atom. The normalized spacial score (nSPS) is 12.1. The summed E-state index contributed by atoms with van der Waals surface area (Å²) < 4.78 is 6.96. The molecule has 2 aromatic rings. The number of nitrogens with zero attached hydrogens (tertiary/aromatic N) is 2. The van der Waals surface area contributed by atoms with Gasteiger partial charge in [-0.3, -0.25) is 9.48 Å². The van der Waals surface area contributed by atoms with E-state index in [1.165, 1.54) is 5.56 Å². The number of methoxy groups -OCH3 is 1. The van der Waals surface area contributed by atoms with Crippen molar-refractivity contribution >= 4 is 5.91 Å². The highest BCUT2D eigenvalue weighted by atomic mass is 16.5. The number of carbonyl (C=O) groups is 1. The van der Waals surface area contributed by atoms with Crippen LogP contribution in [0.1, 0.15) is 17.5 Å². The first-order valence-electron chi connectivity index (χ1n) is 7.26. The summed E-state index contributed by atoms with van der Waals surface area (Å²) in [6, 6.07) is 10.0. The SMILES string of the molecule is COC(CN)CC(=O)NCc1ccc(Cn2cccn2)cc1. The number of rotatable bonds is 8. The fourth-order valence-electron chi connectivity index (χ4n) is 2.09. The molecule has 1 aromatic heterocycles. The highest BCUT2D eigenvalue weighted by molar-refractivity contribution is 5.76. The lowest BCUT2D eigenvalue weighted by Gasteiger charge is -2.12. The van der Waals surface area contributed by atoms with E-state index in [1.807, 2.05) is 41.2 Å². The van der Waals surface area contributed by atoms with Crippen LogP contribution in [0.2, 0.25) is 0 Å². The predicted molar refractivity (Wildman–Crippen MR) is 84.1 cm³/mol. The Labute approximate surface area is 130 Å². The molecular formula is C16H22N4O2. The number of aromatic nitrogens is 2. The molecule has 0 aliphatic carbocycles. The monoisotopic (exact) mass is 302 g/mol. The highest BCUT2D eigenvalue weighted by Crippen LogP contribution is 2.06. The van der Waals surface area contributed by atoms with E-state index in [-0.39, 0.29) is 18.4 Å². The molecule has 0 radical (unpaired) electrons. The van der Waals surface area contributed by atoms with Gasteiger partial charge in [0, 0.05) is 32.6 Å². The zero-order valence-electron chi connectivity index (χ0n) is 12.7. The van der Waals surface area contributed by atoms with Gasteiger partial charge in [-0.25, -0.2) is 0 Å². The third-order valence-corrected chi connectivity index (χ3v) is 3.43. The Hall–Kier alpha value is -2.18. The maximum atomic E-state index is 11.8. The van der Waals surface area contributed by atoms with Crippen LogP contribution in [0, 0.1) is 0 Å². The standard InChI is InChI=1S/C16H22N4O2/c1-22-15(10-17)9-16(21)18-11-13-3-5-14(6-4-13)12-20-8-2-7-19-20/h2-8,15H,9-12,17H2,1H3,(H,18,21). The number of hydrogen-bond acceptors (Lipinski definition) is 4. The molecule has 1 heterocycles. The van der Waals surface area contributed by atoms with Crippen molar-refractivity contribution in [1.82, 2.24) is 15.1 Å². The van der Waals surface area contributed by atoms with E-state index >= 15 is 0 Å². The number of hydrogen-bond donors (Lipinski definition) is 2. The highest BCUT2D eigenvalue weighted by Gasteiger charge is 2.10. The van der Waals surface area contributed by atoms with Crippen molar-refractivity contribution in [2.24, 2.45) is 5.73 Å². The second-order valence-electron chi connectivity index (χ2n) is 5.09. The van der Waals surface area contributed by atoms with Crippen LogP contribution in [0.3, 0.4) is 0 Å². The van der Waals surface area contributed by atoms with Crippen molar-refractivity contribution in [3.63, 3.8) is 0 Å². The van der Waals surface area contributed by atoms with E-state index in [0.29, 0.717) is 13.1 Å². The number of ether oxygens (including phenoxy) is 1. The third kappa shape index (κ3) is 4.98. The minimum atomic E-state index is -0.226. The van der Waals surface area contributed by atoms with E-state index in [0.717, 1.165) is 12.1 Å². The first kappa shape index (κ1) is 16.2. The van der Waals surface area contributed by atoms with Gasteiger partial charge in [-0.2, -0.15) is 5.10 Å². The maximum Gasteiger partial charge on any atom is 0.222 e. The van der Waals surface area contributed by atoms with Gasteiger partial charge in [0.05, 0.1) is 19.1 Å². The molecular weight excluding hydrogens is 280 g/mol. The zero-order valence-corrected chi connectivity index (χ0v) is 12.7. The molecule has 0 aliphatic rings. The van der Waals surface area contributed by atoms with E-state index in [4.69, 9.17) is 10.5 Å². The molecule has 22 heavy (non-hydrogen) atoms. The molecule has 1 amide bonds. The average Bonchev–Trinajstić information content (AvgIpc) is 3.05. The fraction of sp³-hybridized carbons (Fsp3) is 0.375. The van der Waals surface area contributed by atoms with E-state index < -0.39 is 0 Å². The Kier molecular flexibility index (Phi) is 6.12. The lowest BCUT2D eigenvalue weighted by atomic mass is 10.1. The van der Waals surface area contributed by atoms with Crippen LogP contribution in [-0.2, 0) is 22.6 Å². The summed E-state index contributed by atoms with van der Waals surface area (Å²) in [7, 11) is 1.56. The molecule has 1 aromatic carbocycles. The molecule has 2 rings (SSSR count). The van der Waals surface area contributed by atoms with Gasteiger partial charge >= 0.3 is 0 Å². The summed E-state index contributed by atoms with van der Waals surface area (Å²) in [4.78, 5) is 11.8. The summed E-state index contributed by atoms with van der Waals surface area (Å²) in [5.74, 6) is -0.0575. The van der Waals surface area contributed by atoms with E-state index in [1.54, 1.807) is 13.3 Å². The number of benzene rings is 1. The average molecular weight is 302 g/mol. The van der Waals surface area contributed by atoms with Crippen molar-refractivity contribution in [3.05, 3.63) is 53.9 Å². The fourth-order valence-corrected chi connectivity index (χ4v) is 2.09. The lowest BCUT2D eigenvalue weighted by Crippen LogP contribution is -2.31. The molecule has 0 fully saturated rings. The summed E-state index contributed by atoms with van der Waals surface area (Å²) in [5.41, 5.74) is 7.72. The van der Waals surface area contributed by atoms with Crippen LogP contribution in [0.4, 0.5) is 0 Å². The summed E-state index contributed by atoms with van der Waals surface area (Å²) in [6.07, 6.45) is 3.75. The van der Waals surface area contributed by atoms with Crippen molar-refractivity contribution < 1.29 is 9.53 Å². The smallest absolute Gasteiger partial charge is 0.222 e. The molecule has 1 unspecified atom stereocenters. The molecule has 0 bridgehead atoms. The van der Waals surface area contributed by atoms with Gasteiger partial charge in [0.25, 0.3) is 0 Å². The molecule has 0 aliphatic heterocycles. The first-order valence-corrected chi connectivity index (χ1v) is 7.26. The van der Waals surface area contributed by atoms with Gasteiger partial charge in [0.15, 0.2) is 0 Å². The van der Waals surface area contributed by atoms with Gasteiger partial charge in [0.2, 0.25) is 5.91 Å². The maximum absolute atomic E-state index is 11.8. The first-order chi connectivity index (χ1) is 10.7. The van der Waals surface area contributed by atoms with E-state index in [9.17, 15) is 4.79 Å². The largest absolute Gasteiger partial charge is 0.380 e. The molecule has 1 atom stereocenters. The molecule has 118 valence electrons. The topological polar surface area (TPSA) is 82.2 Å². The van der Waals surface area contributed by atoms with Gasteiger partial charge in [-0.15, -0.1) is 0 Å². The van der Waals surface area contributed by atoms with Crippen molar-refractivity contribution in [2.45, 2.75) is 25.6 Å². The van der Waals surface area contributed by atoms with Crippen LogP contribution in [0.15, 0.2) is 42.7 Å². The lowest BCUT2D eigenvalue weighted by molar-refractivity contribution is -0.123. The number of amides is 1. The van der Waals surface area contributed by atoms with Crippen molar-refractivity contribution in [2.75, 3.05) is 13.7 Å². The molecule has 6 heteroatoms. The molecule has 0 spiro atoms. The Morgan fingerprint density at radius 1 is 1.36 bits per heavy atom. The Morgan fingerprint density at radius 2 is 2.09 bits per heavy atom. The number of nitrogens with two attached hydrogens (primary N) is 1. The number of carbonyl (C=O) groups excluding carboxylic acids is 1. The Balaban J connectivity index is 1.80. The minimum absolute atomic E-state index is 0.0575. The van der Waals surface area contributed by atoms with Gasteiger partial charge < -0.3 is 15.8 Å². The summed E-state index contributed by atoms with van der Waals surface area (Å²) in [5, 5.41) is 7.05. The van der Waals surface area contributed by atoms with Crippen LogP contribution in [-0.4, -0.2) is 35.4 Å². The summed E-state index contributed by atoms with van der Waals surface area (Å²) in [6.45, 7) is 1.58. The quantitative estimate of drug-likeness (QED) is 0.759. The van der Waals surface area contributed by atoms with Crippen molar-refractivity contribution in [3.8, 4) is 0 Å². The van der Waals surface area contributed by atoms with Crippen LogP contribution in [0.25, 0.3) is 0 Å². The minimum Gasteiger partial charge on any atom is -0.380 e. The van der Waals surface area contributed by atoms with Crippen LogP contribution >= 0.6 is 0 Å². The van der Waals surface area contributed by atoms with Crippen LogP contribution < -0.4 is 11.1 Å². The summed E-state index contributed by atoms with van der Waals surface area (Å²) >= 11 is 0. The molecule has 0 saturated carbocycles. The van der Waals surface area contributed by atoms with Gasteiger partial charge in [-0.1, -0.05) is 24.3 Å². The molecule has 6 nitrogen and oxygen atoms in total. The van der Waals surface area contributed by atoms with Crippen LogP contribution in [0.5, 0.6) is 0 Å².